The first kappa shape index (κ1) is 17.5. The normalized spacial score (nSPS) is 19.6. The maximum atomic E-state index is 4.78. The van der Waals surface area contributed by atoms with Crippen LogP contribution in [-0.2, 0) is 31.2 Å². The van der Waals surface area contributed by atoms with Gasteiger partial charge in [0.15, 0.2) is 0 Å². The molecule has 0 radical (unpaired) electrons. The fraction of sp³-hybridized carbons (Fsp3) is 0.346. The van der Waals surface area contributed by atoms with Crippen LogP contribution in [0, 0.1) is 6.92 Å². The number of nitrogens with one attached hydrogen (secondary N) is 1. The molecule has 2 nitrogen and oxygen atoms in total. The Bertz CT molecular complexity index is 1030. The molecule has 2 heteroatoms. The number of aromatic nitrogens is 1. The van der Waals surface area contributed by atoms with E-state index in [2.05, 4.69) is 73.8 Å². The summed E-state index contributed by atoms with van der Waals surface area (Å²) in [6, 6.07) is 20.0. The monoisotopic (exact) mass is 368 g/mol. The molecule has 1 atom stereocenters. The van der Waals surface area contributed by atoms with Crippen molar-refractivity contribution in [3.8, 4) is 0 Å². The van der Waals surface area contributed by atoms with E-state index in [0.29, 0.717) is 0 Å². The van der Waals surface area contributed by atoms with Crippen LogP contribution in [0.25, 0.3) is 0 Å². The Morgan fingerprint density at radius 3 is 2.32 bits per heavy atom. The molecule has 142 valence electrons. The summed E-state index contributed by atoms with van der Waals surface area (Å²) in [5, 5.41) is 3.75. The lowest BCUT2D eigenvalue weighted by Gasteiger charge is -2.30. The number of fused-ring (bicyclic) bond motifs is 4. The van der Waals surface area contributed by atoms with Gasteiger partial charge in [-0.25, -0.2) is 0 Å². The maximum absolute atomic E-state index is 4.78. The third kappa shape index (κ3) is 2.66. The molecule has 0 aliphatic heterocycles. The molecule has 2 aliphatic rings. The summed E-state index contributed by atoms with van der Waals surface area (Å²) in [4.78, 5) is 4.78. The van der Waals surface area contributed by atoms with E-state index in [1.54, 1.807) is 16.7 Å². The number of hydrogen-bond acceptors (Lipinski definition) is 2. The van der Waals surface area contributed by atoms with Gasteiger partial charge in [0.25, 0.3) is 0 Å². The minimum Gasteiger partial charge on any atom is -0.379 e. The van der Waals surface area contributed by atoms with Crippen LogP contribution in [0.5, 0.6) is 0 Å². The van der Waals surface area contributed by atoms with Gasteiger partial charge in [-0.2, -0.15) is 0 Å². The van der Waals surface area contributed by atoms with E-state index in [1.165, 1.54) is 42.5 Å². The topological polar surface area (TPSA) is 24.9 Å². The van der Waals surface area contributed by atoms with Gasteiger partial charge in [-0.05, 0) is 85.0 Å². The highest BCUT2D eigenvalue weighted by atomic mass is 14.9. The van der Waals surface area contributed by atoms with Crippen LogP contribution in [0.1, 0.15) is 59.0 Å². The third-order valence-electron chi connectivity index (χ3n) is 6.80. The maximum Gasteiger partial charge on any atom is 0.0598 e. The standard InChI is InChI=1S/C26H28N2/c1-3-21-10-6-11-22(28-21)17-27-23-12-5-9-20-14-16-26(25(20)23)15-13-19-8-4-7-18(2)24(19)26/h4-12,27H,3,13-17H2,1-2H3/t26-/m1/s1. The largest absolute Gasteiger partial charge is 0.379 e. The third-order valence-corrected chi connectivity index (χ3v) is 6.80. The molecule has 0 saturated carbocycles. The van der Waals surface area contributed by atoms with Gasteiger partial charge < -0.3 is 5.32 Å². The van der Waals surface area contributed by atoms with Crippen molar-refractivity contribution in [1.29, 1.82) is 0 Å². The van der Waals surface area contributed by atoms with Crippen LogP contribution >= 0.6 is 0 Å². The lowest BCUT2D eigenvalue weighted by molar-refractivity contribution is 0.506. The van der Waals surface area contributed by atoms with Crippen LogP contribution < -0.4 is 5.32 Å². The van der Waals surface area contributed by atoms with E-state index in [1.807, 2.05) is 0 Å². The van der Waals surface area contributed by atoms with Gasteiger partial charge in [-0.1, -0.05) is 43.3 Å². The Hall–Kier alpha value is -2.61. The summed E-state index contributed by atoms with van der Waals surface area (Å²) in [6.45, 7) is 5.23. The molecular formula is C26H28N2. The summed E-state index contributed by atoms with van der Waals surface area (Å²) in [7, 11) is 0. The molecule has 0 fully saturated rings. The summed E-state index contributed by atoms with van der Waals surface area (Å²) >= 11 is 0. The van der Waals surface area contributed by atoms with E-state index in [-0.39, 0.29) is 5.41 Å². The summed E-state index contributed by atoms with van der Waals surface area (Å²) < 4.78 is 0. The van der Waals surface area contributed by atoms with Gasteiger partial charge in [0.05, 0.1) is 12.2 Å². The van der Waals surface area contributed by atoms with Gasteiger partial charge in [0.1, 0.15) is 0 Å². The molecule has 0 bridgehead atoms. The Morgan fingerprint density at radius 1 is 0.857 bits per heavy atom. The minimum absolute atomic E-state index is 0.193. The van der Waals surface area contributed by atoms with Crippen molar-refractivity contribution in [3.05, 3.63) is 93.8 Å². The molecule has 28 heavy (non-hydrogen) atoms. The molecular weight excluding hydrogens is 340 g/mol. The highest BCUT2D eigenvalue weighted by Gasteiger charge is 2.46. The Balaban J connectivity index is 1.53. The molecule has 0 saturated heterocycles. The SMILES string of the molecule is CCc1cccc(CNc2cccc3c2[C@]2(CCc4cccc(C)c42)CC3)n1. The first-order chi connectivity index (χ1) is 13.7. The van der Waals surface area contributed by atoms with Gasteiger partial charge in [-0.15, -0.1) is 0 Å². The number of aryl methyl sites for hydroxylation is 4. The molecule has 1 aromatic heterocycles. The molecule has 1 heterocycles. The van der Waals surface area contributed by atoms with Crippen molar-refractivity contribution in [2.24, 2.45) is 0 Å². The lowest BCUT2D eigenvalue weighted by atomic mass is 9.74. The molecule has 0 amide bonds. The summed E-state index contributed by atoms with van der Waals surface area (Å²) in [6.07, 6.45) is 5.84. The number of rotatable bonds is 4. The zero-order valence-electron chi connectivity index (χ0n) is 16.9. The van der Waals surface area contributed by atoms with Crippen molar-refractivity contribution in [2.75, 3.05) is 5.32 Å². The van der Waals surface area contributed by atoms with Crippen LogP contribution in [0.4, 0.5) is 5.69 Å². The first-order valence-electron chi connectivity index (χ1n) is 10.6. The Kier molecular flexibility index (Phi) is 4.23. The molecule has 1 spiro atoms. The smallest absolute Gasteiger partial charge is 0.0598 e. The highest BCUT2D eigenvalue weighted by Crippen LogP contribution is 2.55. The van der Waals surface area contributed by atoms with Crippen LogP contribution in [-0.4, -0.2) is 4.98 Å². The second-order valence-corrected chi connectivity index (χ2v) is 8.36. The average Bonchev–Trinajstić information content (AvgIpc) is 3.30. The van der Waals surface area contributed by atoms with Crippen LogP contribution in [0.3, 0.4) is 0 Å². The second-order valence-electron chi connectivity index (χ2n) is 8.36. The number of pyridine rings is 1. The van der Waals surface area contributed by atoms with Crippen molar-refractivity contribution < 1.29 is 0 Å². The minimum atomic E-state index is 0.193. The molecule has 0 unspecified atom stereocenters. The van der Waals surface area contributed by atoms with Crippen molar-refractivity contribution in [3.63, 3.8) is 0 Å². The Labute approximate surface area is 168 Å². The van der Waals surface area contributed by atoms with Crippen LogP contribution in [0.2, 0.25) is 0 Å². The summed E-state index contributed by atoms with van der Waals surface area (Å²) in [5.74, 6) is 0. The van der Waals surface area contributed by atoms with Crippen molar-refractivity contribution >= 4 is 5.69 Å². The highest BCUT2D eigenvalue weighted by molar-refractivity contribution is 5.67. The van der Waals surface area contributed by atoms with E-state index in [4.69, 9.17) is 4.98 Å². The molecule has 2 aromatic carbocycles. The van der Waals surface area contributed by atoms with Gasteiger partial charge in [-0.3, -0.25) is 4.98 Å². The molecule has 2 aliphatic carbocycles. The fourth-order valence-electron chi connectivity index (χ4n) is 5.60. The van der Waals surface area contributed by atoms with Gasteiger partial charge >= 0.3 is 0 Å². The van der Waals surface area contributed by atoms with E-state index in [9.17, 15) is 0 Å². The van der Waals surface area contributed by atoms with Gasteiger partial charge in [0.2, 0.25) is 0 Å². The van der Waals surface area contributed by atoms with E-state index < -0.39 is 0 Å². The number of benzene rings is 2. The predicted octanol–water partition coefficient (Wildman–Crippen LogP) is 5.74. The predicted molar refractivity (Wildman–Crippen MR) is 116 cm³/mol. The quantitative estimate of drug-likeness (QED) is 0.635. The number of anilines is 1. The molecule has 1 N–H and O–H groups in total. The fourth-order valence-corrected chi connectivity index (χ4v) is 5.60. The zero-order valence-corrected chi connectivity index (χ0v) is 16.9. The van der Waals surface area contributed by atoms with Crippen molar-refractivity contribution in [2.45, 2.75) is 57.9 Å². The van der Waals surface area contributed by atoms with E-state index in [0.717, 1.165) is 24.4 Å². The van der Waals surface area contributed by atoms with Crippen molar-refractivity contribution in [1.82, 2.24) is 4.98 Å². The molecule has 5 rings (SSSR count). The Morgan fingerprint density at radius 2 is 1.54 bits per heavy atom. The summed E-state index contributed by atoms with van der Waals surface area (Å²) in [5.41, 5.74) is 11.5. The average molecular weight is 369 g/mol. The molecule has 3 aromatic rings. The van der Waals surface area contributed by atoms with Crippen LogP contribution in [0.15, 0.2) is 54.6 Å². The first-order valence-corrected chi connectivity index (χ1v) is 10.6. The number of nitrogens with zero attached hydrogens (tertiary/aromatic N) is 1. The van der Waals surface area contributed by atoms with E-state index >= 15 is 0 Å². The lowest BCUT2D eigenvalue weighted by Crippen LogP contribution is -2.24. The second kappa shape index (κ2) is 6.77. The zero-order chi connectivity index (χ0) is 19.1. The number of hydrogen-bond donors (Lipinski definition) is 1. The van der Waals surface area contributed by atoms with Gasteiger partial charge in [0, 0.05) is 16.8 Å².